The van der Waals surface area contributed by atoms with E-state index in [1.165, 1.54) is 81.0 Å². The highest BCUT2D eigenvalue weighted by Gasteiger charge is 2.53. The smallest absolute Gasteiger partial charge is 0.331 e. The van der Waals surface area contributed by atoms with E-state index in [4.69, 9.17) is 61.6 Å². The summed E-state index contributed by atoms with van der Waals surface area (Å²) < 4.78 is 73.4. The first-order chi connectivity index (χ1) is 42.5. The van der Waals surface area contributed by atoms with Crippen LogP contribution in [0, 0.1) is 0 Å². The number of benzene rings is 3. The lowest BCUT2D eigenvalue weighted by Crippen LogP contribution is -2.63. The highest BCUT2D eigenvalue weighted by molar-refractivity contribution is 5.88. The van der Waals surface area contributed by atoms with Gasteiger partial charge in [-0.05, 0) is 59.7 Å². The number of phenols is 3. The Labute approximate surface area is 503 Å². The molecule has 89 heavy (non-hydrogen) atoms. The molecule has 0 saturated carbocycles. The second-order valence-electron chi connectivity index (χ2n) is 20.9. The number of aliphatic hydroxyl groups excluding tert-OH is 13. The Morgan fingerprint density at radius 3 is 1.81 bits per heavy atom. The molecular weight excluding hydrogens is 1190 g/mol. The lowest BCUT2D eigenvalue weighted by molar-refractivity contribution is -0.351. The van der Waals surface area contributed by atoms with E-state index in [9.17, 15) is 91.3 Å². The van der Waals surface area contributed by atoms with Crippen molar-refractivity contribution in [2.24, 2.45) is 0 Å². The zero-order valence-electron chi connectivity index (χ0n) is 46.9. The molecule has 4 fully saturated rings. The Morgan fingerprint density at radius 1 is 0.596 bits per heavy atom. The third-order valence-corrected chi connectivity index (χ3v) is 14.9. The Hall–Kier alpha value is -7.64. The van der Waals surface area contributed by atoms with Crippen molar-refractivity contribution in [1.29, 1.82) is 0 Å². The molecule has 31 nitrogen and oxygen atoms in total. The summed E-state index contributed by atoms with van der Waals surface area (Å²) in [7, 11) is 2.56. The van der Waals surface area contributed by atoms with E-state index in [0.29, 0.717) is 5.56 Å². The summed E-state index contributed by atoms with van der Waals surface area (Å²) in [6.45, 7) is -3.00. The van der Waals surface area contributed by atoms with Gasteiger partial charge in [0.05, 0.1) is 51.3 Å². The molecule has 1 aliphatic carbocycles. The van der Waals surface area contributed by atoms with E-state index < -0.39 is 178 Å². The number of carbonyl (C=O) groups is 2. The first-order valence-electron chi connectivity index (χ1n) is 27.4. The van der Waals surface area contributed by atoms with Crippen LogP contribution in [-0.4, -0.2) is 262 Å². The molecule has 5 aliphatic heterocycles. The zero-order valence-corrected chi connectivity index (χ0v) is 46.9. The first kappa shape index (κ1) is 65.8. The maximum atomic E-state index is 13.5. The number of fused-ring (bicyclic) bond motifs is 1. The molecule has 0 aromatic heterocycles. The monoisotopic (exact) mass is 1260 g/mol. The van der Waals surface area contributed by atoms with Gasteiger partial charge < -0.3 is 143 Å². The van der Waals surface area contributed by atoms with Gasteiger partial charge >= 0.3 is 17.7 Å². The Balaban J connectivity index is 1.01. The highest BCUT2D eigenvalue weighted by atomic mass is 16.8. The van der Waals surface area contributed by atoms with Crippen molar-refractivity contribution in [3.05, 3.63) is 125 Å². The van der Waals surface area contributed by atoms with Crippen LogP contribution < -0.4 is 14.2 Å². The largest absolute Gasteiger partial charge is 0.571 e. The molecule has 6 aliphatic rings. The normalized spacial score (nSPS) is 33.9. The van der Waals surface area contributed by atoms with Crippen LogP contribution in [0.15, 0.2) is 108 Å². The third-order valence-electron chi connectivity index (χ3n) is 14.9. The predicted molar refractivity (Wildman–Crippen MR) is 294 cm³/mol. The summed E-state index contributed by atoms with van der Waals surface area (Å²) in [5, 5.41) is 170. The standard InChI is InChI=1S/C58H66O31/c1-77-34-13-24(14-35(78-2)43(34)68)6-12-41(66)88-53-42(67)31(64)21-80-57(53)89-54-49(74)46(71)39(22-79-40(65)11-5-23-3-8-27(9-4-23)81-55-50(75)47(72)44(69)37(19-59)85-55)87-58(54)84-36-18-28-32(82-52(36)25-7-10-29(62)30(63)15-25)16-26(61)17-33(28)83-56-51(76)48(73)45(70)38(20-60)86-56/h3-18,31-32,37-39,42,44-51,53-64,67-76H,19-22H2,1-2H3/p+1. The molecule has 0 bridgehead atoms. The molecule has 0 amide bonds. The average Bonchev–Trinajstić information content (AvgIpc) is 2.84. The number of carbonyl (C=O) groups excluding carboxylic acids is 2. The van der Waals surface area contributed by atoms with Crippen molar-refractivity contribution in [1.82, 2.24) is 0 Å². The van der Waals surface area contributed by atoms with Gasteiger partial charge in [0.15, 0.2) is 41.5 Å². The van der Waals surface area contributed by atoms with Crippen LogP contribution in [0.25, 0.3) is 17.9 Å². The molecule has 0 radical (unpaired) electrons. The first-order valence-corrected chi connectivity index (χ1v) is 27.4. The second-order valence-corrected chi connectivity index (χ2v) is 20.9. The fourth-order valence-electron chi connectivity index (χ4n) is 9.96. The van der Waals surface area contributed by atoms with Gasteiger partial charge in [-0.1, -0.05) is 12.1 Å². The number of aromatic hydroxyl groups is 3. The minimum absolute atomic E-state index is 0.000513. The Kier molecular flexibility index (Phi) is 21.0. The third kappa shape index (κ3) is 14.7. The second kappa shape index (κ2) is 28.5. The van der Waals surface area contributed by atoms with Gasteiger partial charge in [0.25, 0.3) is 0 Å². The topological polar surface area (TPSA) is 481 Å². The average molecular weight is 1260 g/mol. The summed E-state index contributed by atoms with van der Waals surface area (Å²) in [5.74, 6) is -4.96. The van der Waals surface area contributed by atoms with Gasteiger partial charge in [-0.2, -0.15) is 0 Å². The van der Waals surface area contributed by atoms with Gasteiger partial charge in [0, 0.05) is 30.4 Å². The maximum absolute atomic E-state index is 13.5. The quantitative estimate of drug-likeness (QED) is 0.0226. The fraction of sp³-hybridized carbons (Fsp3) is 0.448. The van der Waals surface area contributed by atoms with Gasteiger partial charge in [-0.25, -0.2) is 9.59 Å². The van der Waals surface area contributed by atoms with Crippen LogP contribution in [0.1, 0.15) is 16.7 Å². The summed E-state index contributed by atoms with van der Waals surface area (Å²) in [6.07, 6.45) is -27.3. The van der Waals surface area contributed by atoms with Crippen molar-refractivity contribution in [2.45, 2.75) is 123 Å². The van der Waals surface area contributed by atoms with Crippen LogP contribution in [0.4, 0.5) is 0 Å². The summed E-state index contributed by atoms with van der Waals surface area (Å²) in [4.78, 5) is 26.8. The molecule has 0 spiro atoms. The van der Waals surface area contributed by atoms with E-state index in [1.807, 2.05) is 0 Å². The molecule has 5 heterocycles. The molecule has 9 rings (SSSR count). The molecule has 31 heteroatoms. The molecule has 484 valence electrons. The lowest BCUT2D eigenvalue weighted by Gasteiger charge is -2.45. The molecule has 4 saturated heterocycles. The van der Waals surface area contributed by atoms with Gasteiger partial charge in [0.2, 0.25) is 36.5 Å². The number of esters is 2. The zero-order chi connectivity index (χ0) is 64.1. The number of hydrogen-bond donors (Lipinski definition) is 16. The van der Waals surface area contributed by atoms with E-state index in [0.717, 1.165) is 30.4 Å². The molecular formula is C58H67O31+. The van der Waals surface area contributed by atoms with Crippen molar-refractivity contribution in [2.75, 3.05) is 40.6 Å². The van der Waals surface area contributed by atoms with Gasteiger partial charge in [-0.15, -0.1) is 0 Å². The molecule has 17 N–H and O–H groups in total. The highest BCUT2D eigenvalue weighted by Crippen LogP contribution is 2.42. The number of allylic oxidation sites excluding steroid dienone is 2. The van der Waals surface area contributed by atoms with Crippen LogP contribution in [0.2, 0.25) is 0 Å². The molecule has 3 aromatic rings. The van der Waals surface area contributed by atoms with Crippen LogP contribution in [0.3, 0.4) is 0 Å². The van der Waals surface area contributed by atoms with Crippen LogP contribution in [0.5, 0.6) is 34.5 Å². The molecule has 20 atom stereocenters. The number of ether oxygens (including phenoxy) is 13. The van der Waals surface area contributed by atoms with Crippen molar-refractivity contribution < 1.29 is 153 Å². The summed E-state index contributed by atoms with van der Waals surface area (Å²) >= 11 is 0. The van der Waals surface area contributed by atoms with E-state index >= 15 is 0 Å². The minimum Gasteiger partial charge on any atom is -0.571 e. The maximum Gasteiger partial charge on any atom is 0.331 e. The number of aliphatic hydroxyl groups is 15. The molecule has 20 unspecified atom stereocenters. The lowest BCUT2D eigenvalue weighted by atomic mass is 9.96. The summed E-state index contributed by atoms with van der Waals surface area (Å²) in [5.41, 5.74) is 0.674. The van der Waals surface area contributed by atoms with Crippen molar-refractivity contribution in [3.63, 3.8) is 0 Å². The van der Waals surface area contributed by atoms with Crippen LogP contribution in [-0.2, 0) is 52.2 Å². The Bertz CT molecular complexity index is 3150. The van der Waals surface area contributed by atoms with E-state index in [-0.39, 0.29) is 57.0 Å². The van der Waals surface area contributed by atoms with Gasteiger partial charge in [0.1, 0.15) is 103 Å². The number of hydrogen-bond acceptors (Lipinski definition) is 30. The van der Waals surface area contributed by atoms with E-state index in [2.05, 4.69) is 0 Å². The van der Waals surface area contributed by atoms with Crippen molar-refractivity contribution >= 4 is 29.8 Å². The van der Waals surface area contributed by atoms with Gasteiger partial charge in [-0.3, -0.25) is 0 Å². The summed E-state index contributed by atoms with van der Waals surface area (Å²) in [6, 6.07) is 12.0. The number of methoxy groups -OCH3 is 2. The number of phenolic OH excluding ortho intramolecular Hbond substituents is 3. The Morgan fingerprint density at radius 2 is 1.19 bits per heavy atom. The SMILES string of the molecule is COc1cc(C=CC(=O)OC2C(OC3C(OC4=C(c5ccc(O)c(O)c5)[OH+]C5C=C(O)C=C(OC6OC(CO)C(O)C(O)C6O)C5=C4)OC(COC(=O)C=Cc4ccc(OC5OC(CO)C(O)C(O)C5O)cc4)C(O)C3O)OCC(O)C2O)cc(OC)c1O. The number of rotatable bonds is 20. The fourth-order valence-corrected chi connectivity index (χ4v) is 9.96. The van der Waals surface area contributed by atoms with Crippen molar-refractivity contribution in [3.8, 4) is 34.5 Å². The van der Waals surface area contributed by atoms with Crippen LogP contribution >= 0.6 is 0 Å². The van der Waals surface area contributed by atoms with E-state index in [1.54, 1.807) is 0 Å². The minimum atomic E-state index is -2.16. The molecule has 3 aromatic carbocycles. The predicted octanol–water partition coefficient (Wildman–Crippen LogP) is -3.53.